The standard InChI is InChI=1S/C15H21FN2O2/c1-18(13-6-4-3-5-12(13)16)14(19)15(11-20-2)7-9-17-10-8-15/h3-6,17H,7-11H2,1-2H3. The topological polar surface area (TPSA) is 41.6 Å². The molecule has 0 saturated carbocycles. The average Bonchev–Trinajstić information content (AvgIpc) is 2.47. The van der Waals surface area contributed by atoms with E-state index in [-0.39, 0.29) is 11.7 Å². The largest absolute Gasteiger partial charge is 0.384 e. The van der Waals surface area contributed by atoms with E-state index < -0.39 is 5.41 Å². The van der Waals surface area contributed by atoms with Crippen molar-refractivity contribution in [3.8, 4) is 0 Å². The lowest BCUT2D eigenvalue weighted by atomic mass is 9.78. The van der Waals surface area contributed by atoms with Crippen molar-refractivity contribution in [2.45, 2.75) is 12.8 Å². The van der Waals surface area contributed by atoms with Gasteiger partial charge in [-0.2, -0.15) is 0 Å². The number of benzene rings is 1. The molecule has 0 aromatic heterocycles. The number of para-hydroxylation sites is 1. The predicted molar refractivity (Wildman–Crippen MR) is 76.2 cm³/mol. The molecule has 1 aliphatic heterocycles. The van der Waals surface area contributed by atoms with Crippen LogP contribution in [0.15, 0.2) is 24.3 Å². The highest BCUT2D eigenvalue weighted by atomic mass is 19.1. The van der Waals surface area contributed by atoms with Crippen LogP contribution in [0.25, 0.3) is 0 Å². The second-order valence-corrected chi connectivity index (χ2v) is 5.28. The van der Waals surface area contributed by atoms with Crippen LogP contribution in [-0.2, 0) is 9.53 Å². The lowest BCUT2D eigenvalue weighted by molar-refractivity contribution is -0.133. The van der Waals surface area contributed by atoms with Crippen LogP contribution in [0.2, 0.25) is 0 Å². The first-order valence-electron chi connectivity index (χ1n) is 6.83. The fourth-order valence-electron chi connectivity index (χ4n) is 2.79. The van der Waals surface area contributed by atoms with Gasteiger partial charge in [-0.15, -0.1) is 0 Å². The van der Waals surface area contributed by atoms with Gasteiger partial charge in [-0.25, -0.2) is 4.39 Å². The summed E-state index contributed by atoms with van der Waals surface area (Å²) in [6.45, 7) is 1.92. The van der Waals surface area contributed by atoms with Crippen molar-refractivity contribution < 1.29 is 13.9 Å². The molecule has 0 bridgehead atoms. The lowest BCUT2D eigenvalue weighted by Gasteiger charge is -2.38. The molecule has 1 heterocycles. The normalized spacial score (nSPS) is 17.8. The summed E-state index contributed by atoms with van der Waals surface area (Å²) in [7, 11) is 3.22. The SMILES string of the molecule is COCC1(C(=O)N(C)c2ccccc2F)CCNCC1. The third-order valence-corrected chi connectivity index (χ3v) is 3.95. The number of halogens is 1. The van der Waals surface area contributed by atoms with Crippen LogP contribution in [0.1, 0.15) is 12.8 Å². The van der Waals surface area contributed by atoms with Gasteiger partial charge in [0.2, 0.25) is 5.91 Å². The van der Waals surface area contributed by atoms with Crippen LogP contribution in [0.4, 0.5) is 10.1 Å². The Balaban J connectivity index is 2.25. The fourth-order valence-corrected chi connectivity index (χ4v) is 2.79. The van der Waals surface area contributed by atoms with E-state index in [2.05, 4.69) is 5.32 Å². The fraction of sp³-hybridized carbons (Fsp3) is 0.533. The van der Waals surface area contributed by atoms with E-state index in [9.17, 15) is 9.18 Å². The van der Waals surface area contributed by atoms with Crippen LogP contribution >= 0.6 is 0 Å². The number of piperidine rings is 1. The molecule has 0 radical (unpaired) electrons. The zero-order valence-electron chi connectivity index (χ0n) is 12.0. The maximum atomic E-state index is 13.8. The Labute approximate surface area is 118 Å². The van der Waals surface area contributed by atoms with Crippen LogP contribution in [0.5, 0.6) is 0 Å². The Bertz CT molecular complexity index is 467. The Kier molecular flexibility index (Phi) is 4.73. The second kappa shape index (κ2) is 6.33. The summed E-state index contributed by atoms with van der Waals surface area (Å²) in [4.78, 5) is 14.2. The number of carbonyl (C=O) groups is 1. The van der Waals surface area contributed by atoms with Gasteiger partial charge < -0.3 is 15.0 Å². The second-order valence-electron chi connectivity index (χ2n) is 5.28. The minimum absolute atomic E-state index is 0.0778. The predicted octanol–water partition coefficient (Wildman–Crippen LogP) is 1.80. The number of nitrogens with one attached hydrogen (secondary N) is 1. The van der Waals surface area contributed by atoms with E-state index in [1.165, 1.54) is 11.0 Å². The molecule has 0 spiro atoms. The minimum atomic E-state index is -0.559. The van der Waals surface area contributed by atoms with Gasteiger partial charge >= 0.3 is 0 Å². The zero-order valence-corrected chi connectivity index (χ0v) is 12.0. The number of hydrogen-bond acceptors (Lipinski definition) is 3. The molecule has 1 aliphatic rings. The van der Waals surface area contributed by atoms with Gasteiger partial charge in [0.1, 0.15) is 5.82 Å². The molecule has 0 aliphatic carbocycles. The van der Waals surface area contributed by atoms with Crippen molar-refractivity contribution in [3.63, 3.8) is 0 Å². The highest BCUT2D eigenvalue weighted by Gasteiger charge is 2.42. The monoisotopic (exact) mass is 280 g/mol. The van der Waals surface area contributed by atoms with Crippen LogP contribution in [-0.4, -0.2) is 39.8 Å². The van der Waals surface area contributed by atoms with Gasteiger partial charge in [0.25, 0.3) is 0 Å². The Hall–Kier alpha value is -1.46. The smallest absolute Gasteiger partial charge is 0.235 e. The van der Waals surface area contributed by atoms with E-state index in [1.54, 1.807) is 32.4 Å². The van der Waals surface area contributed by atoms with Crippen LogP contribution < -0.4 is 10.2 Å². The number of amides is 1. The van der Waals surface area contributed by atoms with Gasteiger partial charge in [-0.1, -0.05) is 12.1 Å². The third-order valence-electron chi connectivity index (χ3n) is 3.95. The summed E-state index contributed by atoms with van der Waals surface area (Å²) >= 11 is 0. The number of methoxy groups -OCH3 is 1. The molecule has 1 aromatic rings. The van der Waals surface area contributed by atoms with Crippen molar-refractivity contribution in [2.24, 2.45) is 5.41 Å². The minimum Gasteiger partial charge on any atom is -0.384 e. The van der Waals surface area contributed by atoms with Crippen molar-refractivity contribution in [1.29, 1.82) is 0 Å². The summed E-state index contributed by atoms with van der Waals surface area (Å²) in [5.74, 6) is -0.462. The molecule has 20 heavy (non-hydrogen) atoms. The summed E-state index contributed by atoms with van der Waals surface area (Å²) in [5, 5.41) is 3.24. The Morgan fingerprint density at radius 1 is 1.40 bits per heavy atom. The van der Waals surface area contributed by atoms with Crippen molar-refractivity contribution in [3.05, 3.63) is 30.1 Å². The number of rotatable bonds is 4. The van der Waals surface area contributed by atoms with Crippen molar-refractivity contribution >= 4 is 11.6 Å². The summed E-state index contributed by atoms with van der Waals surface area (Å²) < 4.78 is 19.1. The molecular weight excluding hydrogens is 259 g/mol. The maximum absolute atomic E-state index is 13.8. The van der Waals surface area contributed by atoms with E-state index in [0.29, 0.717) is 25.1 Å². The number of carbonyl (C=O) groups excluding carboxylic acids is 1. The van der Waals surface area contributed by atoms with Crippen LogP contribution in [0.3, 0.4) is 0 Å². The molecule has 2 rings (SSSR count). The van der Waals surface area contributed by atoms with Gasteiger partial charge in [-0.3, -0.25) is 4.79 Å². The van der Waals surface area contributed by atoms with Gasteiger partial charge in [0.15, 0.2) is 0 Å². The third kappa shape index (κ3) is 2.83. The lowest BCUT2D eigenvalue weighted by Crippen LogP contribution is -2.51. The number of nitrogens with zero attached hydrogens (tertiary/aromatic N) is 1. The first-order chi connectivity index (χ1) is 9.60. The van der Waals surface area contributed by atoms with Crippen molar-refractivity contribution in [2.75, 3.05) is 38.8 Å². The summed E-state index contributed by atoms with van der Waals surface area (Å²) in [6, 6.07) is 6.33. The summed E-state index contributed by atoms with van der Waals surface area (Å²) in [5.41, 5.74) is -0.247. The Morgan fingerprint density at radius 3 is 2.65 bits per heavy atom. The zero-order chi connectivity index (χ0) is 14.6. The average molecular weight is 280 g/mol. The molecule has 0 atom stereocenters. The number of ether oxygens (including phenoxy) is 1. The number of anilines is 1. The maximum Gasteiger partial charge on any atom is 0.235 e. The molecule has 0 unspecified atom stereocenters. The molecule has 1 N–H and O–H groups in total. The molecule has 110 valence electrons. The van der Waals surface area contributed by atoms with E-state index in [1.807, 2.05) is 0 Å². The first-order valence-corrected chi connectivity index (χ1v) is 6.83. The molecule has 1 fully saturated rings. The van der Waals surface area contributed by atoms with Crippen LogP contribution in [0, 0.1) is 11.2 Å². The molecular formula is C15H21FN2O2. The van der Waals surface area contributed by atoms with Gasteiger partial charge in [0.05, 0.1) is 17.7 Å². The highest BCUT2D eigenvalue weighted by molar-refractivity contribution is 5.97. The molecule has 5 heteroatoms. The van der Waals surface area contributed by atoms with Crippen molar-refractivity contribution in [1.82, 2.24) is 5.32 Å². The molecule has 1 amide bonds. The quantitative estimate of drug-likeness (QED) is 0.914. The Morgan fingerprint density at radius 2 is 2.05 bits per heavy atom. The van der Waals surface area contributed by atoms with Gasteiger partial charge in [0, 0.05) is 14.2 Å². The molecule has 1 aromatic carbocycles. The first kappa shape index (κ1) is 14.9. The van der Waals surface area contributed by atoms with E-state index in [4.69, 9.17) is 4.74 Å². The summed E-state index contributed by atoms with van der Waals surface area (Å²) in [6.07, 6.45) is 1.41. The van der Waals surface area contributed by atoms with E-state index >= 15 is 0 Å². The van der Waals surface area contributed by atoms with E-state index in [0.717, 1.165) is 13.1 Å². The molecule has 4 nitrogen and oxygen atoms in total. The van der Waals surface area contributed by atoms with Gasteiger partial charge in [-0.05, 0) is 38.1 Å². The molecule has 1 saturated heterocycles. The number of hydrogen-bond donors (Lipinski definition) is 1. The highest BCUT2D eigenvalue weighted by Crippen LogP contribution is 2.33.